The van der Waals surface area contributed by atoms with Crippen LogP contribution in [0.3, 0.4) is 0 Å². The third-order valence-corrected chi connectivity index (χ3v) is 10.5. The Hall–Kier alpha value is -7.70. The maximum Gasteiger partial charge on any atom is 0.228 e. The van der Waals surface area contributed by atoms with Gasteiger partial charge in [0.15, 0.2) is 17.5 Å². The lowest BCUT2D eigenvalue weighted by atomic mass is 9.99. The summed E-state index contributed by atoms with van der Waals surface area (Å²) in [6.07, 6.45) is 0. The number of aromatic nitrogens is 5. The molecule has 11 rings (SSSR count). The average Bonchev–Trinajstić information content (AvgIpc) is 3.83. The van der Waals surface area contributed by atoms with Gasteiger partial charge in [-0.15, -0.1) is 0 Å². The number of pyridine rings is 1. The van der Waals surface area contributed by atoms with Crippen LogP contribution in [0.1, 0.15) is 0 Å². The number of benzene rings is 7. The van der Waals surface area contributed by atoms with Crippen LogP contribution in [0.15, 0.2) is 192 Å². The Morgan fingerprint density at radius 3 is 1.43 bits per heavy atom. The molecule has 4 aromatic heterocycles. The van der Waals surface area contributed by atoms with Crippen molar-refractivity contribution in [2.24, 2.45) is 0 Å². The van der Waals surface area contributed by atoms with E-state index in [0.717, 1.165) is 82.9 Å². The Balaban J connectivity index is 1.02. The molecule has 0 atom stereocenters. The SMILES string of the molecule is c1ccc(-c2nc(-c3ccccc3)nc(-c3ccc(-c4ccc(-c5nc6oc7ccccc7c6c6c7ccccc7n(-c7ccccc7)c56)cc4)cc3)n2)cc1. The number of para-hydroxylation sites is 3. The molecule has 262 valence electrons. The molecule has 0 aliphatic carbocycles. The topological polar surface area (TPSA) is 69.6 Å². The predicted molar refractivity (Wildman–Crippen MR) is 226 cm³/mol. The zero-order chi connectivity index (χ0) is 37.0. The van der Waals surface area contributed by atoms with Gasteiger partial charge in [-0.25, -0.2) is 19.9 Å². The molecular weight excluding hydrogens is 687 g/mol. The van der Waals surface area contributed by atoms with Crippen LogP contribution in [-0.4, -0.2) is 24.5 Å². The average molecular weight is 718 g/mol. The largest absolute Gasteiger partial charge is 0.438 e. The zero-order valence-electron chi connectivity index (χ0n) is 30.0. The molecule has 0 bridgehead atoms. The summed E-state index contributed by atoms with van der Waals surface area (Å²) in [6, 6.07) is 64.5. The summed E-state index contributed by atoms with van der Waals surface area (Å²) in [5, 5.41) is 4.39. The summed E-state index contributed by atoms with van der Waals surface area (Å²) in [7, 11) is 0. The highest BCUT2D eigenvalue weighted by atomic mass is 16.3. The molecule has 0 saturated heterocycles. The molecule has 0 saturated carbocycles. The van der Waals surface area contributed by atoms with Gasteiger partial charge in [-0.3, -0.25) is 0 Å². The molecule has 7 aromatic carbocycles. The van der Waals surface area contributed by atoms with E-state index in [4.69, 9.17) is 24.4 Å². The fourth-order valence-electron chi connectivity index (χ4n) is 7.84. The van der Waals surface area contributed by atoms with E-state index in [1.807, 2.05) is 72.8 Å². The lowest BCUT2D eigenvalue weighted by molar-refractivity contribution is 0.655. The van der Waals surface area contributed by atoms with Crippen LogP contribution in [0.4, 0.5) is 0 Å². The maximum atomic E-state index is 6.46. The smallest absolute Gasteiger partial charge is 0.228 e. The van der Waals surface area contributed by atoms with Crippen LogP contribution in [0.2, 0.25) is 0 Å². The number of hydrogen-bond acceptors (Lipinski definition) is 5. The predicted octanol–water partition coefficient (Wildman–Crippen LogP) is 12.6. The van der Waals surface area contributed by atoms with E-state index in [-0.39, 0.29) is 0 Å². The molecule has 11 aromatic rings. The number of rotatable bonds is 6. The molecule has 6 heteroatoms. The summed E-state index contributed by atoms with van der Waals surface area (Å²) in [6.45, 7) is 0. The molecular formula is C50H31N5O. The van der Waals surface area contributed by atoms with E-state index in [1.54, 1.807) is 0 Å². The second-order valence-corrected chi connectivity index (χ2v) is 13.8. The molecule has 0 amide bonds. The van der Waals surface area contributed by atoms with Crippen molar-refractivity contribution >= 4 is 43.9 Å². The first-order chi connectivity index (χ1) is 27.8. The van der Waals surface area contributed by atoms with E-state index < -0.39 is 0 Å². The number of furan rings is 1. The Bertz CT molecular complexity index is 3150. The molecule has 0 unspecified atom stereocenters. The summed E-state index contributed by atoms with van der Waals surface area (Å²) < 4.78 is 8.80. The van der Waals surface area contributed by atoms with Gasteiger partial charge in [-0.2, -0.15) is 0 Å². The highest BCUT2D eigenvalue weighted by Crippen LogP contribution is 2.44. The van der Waals surface area contributed by atoms with Gasteiger partial charge in [-0.1, -0.05) is 164 Å². The second-order valence-electron chi connectivity index (χ2n) is 13.8. The third kappa shape index (κ3) is 5.27. The monoisotopic (exact) mass is 717 g/mol. The number of fused-ring (bicyclic) bond motifs is 7. The van der Waals surface area contributed by atoms with E-state index in [9.17, 15) is 0 Å². The van der Waals surface area contributed by atoms with Gasteiger partial charge >= 0.3 is 0 Å². The Morgan fingerprint density at radius 1 is 0.357 bits per heavy atom. The van der Waals surface area contributed by atoms with Gasteiger partial charge in [0.1, 0.15) is 5.58 Å². The summed E-state index contributed by atoms with van der Waals surface area (Å²) in [5.74, 6) is 1.91. The van der Waals surface area contributed by atoms with Crippen LogP contribution in [0, 0.1) is 0 Å². The first kappa shape index (κ1) is 31.8. The van der Waals surface area contributed by atoms with Gasteiger partial charge < -0.3 is 8.98 Å². The Labute approximate surface area is 322 Å². The van der Waals surface area contributed by atoms with Crippen LogP contribution < -0.4 is 0 Å². The van der Waals surface area contributed by atoms with Crippen LogP contribution >= 0.6 is 0 Å². The second kappa shape index (κ2) is 13.0. The Morgan fingerprint density at radius 2 is 0.821 bits per heavy atom. The minimum absolute atomic E-state index is 0.629. The van der Waals surface area contributed by atoms with E-state index in [2.05, 4.69) is 120 Å². The van der Waals surface area contributed by atoms with Gasteiger partial charge in [0.2, 0.25) is 5.71 Å². The van der Waals surface area contributed by atoms with E-state index in [0.29, 0.717) is 23.2 Å². The standard InChI is InChI=1S/C50H31N5O/c1-4-14-35(15-5-1)47-52-48(36-16-6-2-7-17-36)54-49(53-47)37-30-26-33(27-31-37)32-24-28-34(29-25-32)45-46-43(44-40-21-11-13-23-42(40)56-50(44)51-45)39-20-10-12-22-41(39)55(46)38-18-8-3-9-19-38/h1-31H. The highest BCUT2D eigenvalue weighted by molar-refractivity contribution is 6.28. The molecule has 4 heterocycles. The van der Waals surface area contributed by atoms with Gasteiger partial charge in [-0.05, 0) is 35.4 Å². The minimum atomic E-state index is 0.629. The number of nitrogens with zero attached hydrogens (tertiary/aromatic N) is 5. The van der Waals surface area contributed by atoms with Crippen LogP contribution in [0.5, 0.6) is 0 Å². The van der Waals surface area contributed by atoms with Crippen molar-refractivity contribution < 1.29 is 4.42 Å². The highest BCUT2D eigenvalue weighted by Gasteiger charge is 2.24. The molecule has 0 fully saturated rings. The van der Waals surface area contributed by atoms with Crippen molar-refractivity contribution in [2.75, 3.05) is 0 Å². The van der Waals surface area contributed by atoms with Crippen molar-refractivity contribution in [3.05, 3.63) is 188 Å². The van der Waals surface area contributed by atoms with Crippen molar-refractivity contribution in [1.29, 1.82) is 0 Å². The molecule has 0 N–H and O–H groups in total. The molecule has 0 spiro atoms. The van der Waals surface area contributed by atoms with E-state index in [1.165, 1.54) is 0 Å². The lowest BCUT2D eigenvalue weighted by Gasteiger charge is -2.12. The fraction of sp³-hybridized carbons (Fsp3) is 0. The summed E-state index contributed by atoms with van der Waals surface area (Å²) in [5.41, 5.74) is 11.6. The molecule has 0 aliphatic heterocycles. The third-order valence-electron chi connectivity index (χ3n) is 10.5. The number of hydrogen-bond donors (Lipinski definition) is 0. The summed E-state index contributed by atoms with van der Waals surface area (Å²) in [4.78, 5) is 20.0. The minimum Gasteiger partial charge on any atom is -0.438 e. The Kier molecular flexibility index (Phi) is 7.38. The zero-order valence-corrected chi connectivity index (χ0v) is 30.0. The van der Waals surface area contributed by atoms with E-state index >= 15 is 0 Å². The lowest BCUT2D eigenvalue weighted by Crippen LogP contribution is -2.00. The maximum absolute atomic E-state index is 6.46. The summed E-state index contributed by atoms with van der Waals surface area (Å²) >= 11 is 0. The van der Waals surface area contributed by atoms with Crippen LogP contribution in [-0.2, 0) is 0 Å². The molecule has 0 aliphatic rings. The normalized spacial score (nSPS) is 11.6. The molecule has 56 heavy (non-hydrogen) atoms. The first-order valence-corrected chi connectivity index (χ1v) is 18.6. The van der Waals surface area contributed by atoms with Crippen molar-refractivity contribution in [3.63, 3.8) is 0 Å². The molecule has 0 radical (unpaired) electrons. The van der Waals surface area contributed by atoms with Crippen LogP contribution in [0.25, 0.3) is 106 Å². The quantitative estimate of drug-likeness (QED) is 0.171. The van der Waals surface area contributed by atoms with Gasteiger partial charge in [0, 0.05) is 44.1 Å². The van der Waals surface area contributed by atoms with Crippen molar-refractivity contribution in [3.8, 4) is 62.2 Å². The van der Waals surface area contributed by atoms with Gasteiger partial charge in [0.25, 0.3) is 0 Å². The van der Waals surface area contributed by atoms with Crippen molar-refractivity contribution in [2.45, 2.75) is 0 Å². The molecule has 6 nitrogen and oxygen atoms in total. The van der Waals surface area contributed by atoms with Gasteiger partial charge in [0.05, 0.1) is 22.1 Å². The first-order valence-electron chi connectivity index (χ1n) is 18.6. The fourth-order valence-corrected chi connectivity index (χ4v) is 7.84. The van der Waals surface area contributed by atoms with Crippen molar-refractivity contribution in [1.82, 2.24) is 24.5 Å².